The van der Waals surface area contributed by atoms with Crippen molar-refractivity contribution < 1.29 is 27.9 Å². The Morgan fingerprint density at radius 3 is 2.52 bits per heavy atom. The number of fused-ring (bicyclic) bond motifs is 1. The monoisotopic (exact) mass is 354 g/mol. The van der Waals surface area contributed by atoms with Gasteiger partial charge in [0.05, 0.1) is 30.0 Å². The molecule has 7 nitrogen and oxygen atoms in total. The predicted molar refractivity (Wildman–Crippen MR) is 81.6 cm³/mol. The molecule has 3 rings (SSSR count). The van der Waals surface area contributed by atoms with Crippen molar-refractivity contribution in [2.75, 3.05) is 10.2 Å². The summed E-state index contributed by atoms with van der Waals surface area (Å²) in [5.74, 6) is -0.542. The van der Waals surface area contributed by atoms with Gasteiger partial charge >= 0.3 is 12.3 Å². The fourth-order valence-corrected chi connectivity index (χ4v) is 2.78. The molecule has 1 aliphatic heterocycles. The highest BCUT2D eigenvalue weighted by Crippen LogP contribution is 2.33. The van der Waals surface area contributed by atoms with Gasteiger partial charge in [-0.3, -0.25) is 14.8 Å². The number of amides is 2. The minimum absolute atomic E-state index is 0.0290. The summed E-state index contributed by atoms with van der Waals surface area (Å²) in [6, 6.07) is 3.87. The van der Waals surface area contributed by atoms with Gasteiger partial charge in [0, 0.05) is 5.69 Å². The maximum atomic E-state index is 12.8. The third-order valence-electron chi connectivity index (χ3n) is 3.85. The molecule has 1 aromatic carbocycles. The molecule has 2 amide bonds. The van der Waals surface area contributed by atoms with E-state index in [2.05, 4.69) is 10.4 Å². The zero-order valence-corrected chi connectivity index (χ0v) is 12.9. The first-order chi connectivity index (χ1) is 11.7. The number of carboxylic acid groups (broad SMARTS) is 1. The number of rotatable bonds is 2. The number of carbonyl (C=O) groups is 2. The van der Waals surface area contributed by atoms with Crippen molar-refractivity contribution in [2.24, 2.45) is 0 Å². The van der Waals surface area contributed by atoms with E-state index in [1.807, 2.05) is 0 Å². The Hall–Kier alpha value is -3.04. The van der Waals surface area contributed by atoms with E-state index in [1.165, 1.54) is 27.9 Å². The van der Waals surface area contributed by atoms with Crippen LogP contribution in [0.25, 0.3) is 0 Å². The van der Waals surface area contributed by atoms with E-state index in [4.69, 9.17) is 5.11 Å². The maximum Gasteiger partial charge on any atom is 0.416 e. The lowest BCUT2D eigenvalue weighted by Crippen LogP contribution is -2.47. The van der Waals surface area contributed by atoms with Crippen molar-refractivity contribution in [3.63, 3.8) is 0 Å². The van der Waals surface area contributed by atoms with E-state index in [1.54, 1.807) is 6.92 Å². The Bertz CT molecular complexity index is 830. The molecule has 2 aromatic rings. The van der Waals surface area contributed by atoms with Crippen molar-refractivity contribution in [1.29, 1.82) is 0 Å². The van der Waals surface area contributed by atoms with E-state index in [-0.39, 0.29) is 24.0 Å². The fourth-order valence-electron chi connectivity index (χ4n) is 2.78. The lowest BCUT2D eigenvalue weighted by Gasteiger charge is -2.34. The van der Waals surface area contributed by atoms with E-state index in [0.29, 0.717) is 5.69 Å². The highest BCUT2D eigenvalue weighted by Gasteiger charge is 2.35. The van der Waals surface area contributed by atoms with Crippen LogP contribution in [0.15, 0.2) is 30.5 Å². The maximum absolute atomic E-state index is 12.8. The second-order valence-corrected chi connectivity index (χ2v) is 5.59. The van der Waals surface area contributed by atoms with Crippen LogP contribution < -0.4 is 10.2 Å². The number of carbonyl (C=O) groups excluding carboxylic acids is 1. The molecule has 0 radical (unpaired) electrons. The molecule has 0 bridgehead atoms. The van der Waals surface area contributed by atoms with E-state index in [0.717, 1.165) is 12.1 Å². The van der Waals surface area contributed by atoms with Gasteiger partial charge in [-0.05, 0) is 31.2 Å². The molecule has 1 unspecified atom stereocenters. The SMILES string of the molecule is CC1Cn2ncc(NC(=O)O)c2C(=O)N1c1ccc(C(F)(F)F)cc1. The van der Waals surface area contributed by atoms with Gasteiger partial charge in [0.15, 0.2) is 5.69 Å². The van der Waals surface area contributed by atoms with Crippen LogP contribution in [-0.4, -0.2) is 32.9 Å². The van der Waals surface area contributed by atoms with Crippen LogP contribution in [0, 0.1) is 0 Å². The van der Waals surface area contributed by atoms with Crippen molar-refractivity contribution in [3.05, 3.63) is 41.7 Å². The molecular weight excluding hydrogens is 341 g/mol. The molecule has 1 atom stereocenters. The Morgan fingerprint density at radius 2 is 1.96 bits per heavy atom. The van der Waals surface area contributed by atoms with Gasteiger partial charge in [-0.15, -0.1) is 0 Å². The van der Waals surface area contributed by atoms with Gasteiger partial charge in [-0.25, -0.2) is 4.79 Å². The number of aromatic nitrogens is 2. The first kappa shape index (κ1) is 16.8. The third-order valence-corrected chi connectivity index (χ3v) is 3.85. The highest BCUT2D eigenvalue weighted by atomic mass is 19.4. The Morgan fingerprint density at radius 1 is 1.32 bits per heavy atom. The van der Waals surface area contributed by atoms with Crippen molar-refractivity contribution in [2.45, 2.75) is 25.7 Å². The first-order valence-electron chi connectivity index (χ1n) is 7.25. The number of benzene rings is 1. The summed E-state index contributed by atoms with van der Waals surface area (Å²) in [5.41, 5.74) is -0.451. The fraction of sp³-hybridized carbons (Fsp3) is 0.267. The van der Waals surface area contributed by atoms with E-state index in [9.17, 15) is 22.8 Å². The molecule has 0 aliphatic carbocycles. The van der Waals surface area contributed by atoms with Crippen LogP contribution >= 0.6 is 0 Å². The minimum Gasteiger partial charge on any atom is -0.465 e. The molecule has 1 aromatic heterocycles. The lowest BCUT2D eigenvalue weighted by atomic mass is 10.1. The summed E-state index contributed by atoms with van der Waals surface area (Å²) in [6.07, 6.45) is -4.58. The molecule has 0 saturated heterocycles. The number of anilines is 2. The van der Waals surface area contributed by atoms with Gasteiger partial charge in [0.2, 0.25) is 0 Å². The van der Waals surface area contributed by atoms with Crippen LogP contribution in [-0.2, 0) is 12.7 Å². The Balaban J connectivity index is 1.97. The van der Waals surface area contributed by atoms with Crippen molar-refractivity contribution in [3.8, 4) is 0 Å². The number of nitrogens with zero attached hydrogens (tertiary/aromatic N) is 3. The number of nitrogens with one attached hydrogen (secondary N) is 1. The summed E-state index contributed by atoms with van der Waals surface area (Å²) in [4.78, 5) is 24.9. The van der Waals surface area contributed by atoms with Crippen molar-refractivity contribution in [1.82, 2.24) is 9.78 Å². The summed E-state index contributed by atoms with van der Waals surface area (Å²) >= 11 is 0. The quantitative estimate of drug-likeness (QED) is 0.868. The Kier molecular flexibility index (Phi) is 3.90. The molecule has 0 fully saturated rings. The smallest absolute Gasteiger partial charge is 0.416 e. The van der Waals surface area contributed by atoms with Crippen LogP contribution in [0.2, 0.25) is 0 Å². The predicted octanol–water partition coefficient (Wildman–Crippen LogP) is 3.04. The molecular formula is C15H13F3N4O3. The number of hydrogen-bond acceptors (Lipinski definition) is 3. The average molecular weight is 354 g/mol. The normalized spacial score (nSPS) is 17.4. The highest BCUT2D eigenvalue weighted by molar-refractivity contribution is 6.10. The molecule has 1 aliphatic rings. The lowest BCUT2D eigenvalue weighted by molar-refractivity contribution is -0.137. The second kappa shape index (κ2) is 5.80. The zero-order chi connectivity index (χ0) is 18.4. The van der Waals surface area contributed by atoms with Crippen LogP contribution in [0.5, 0.6) is 0 Å². The van der Waals surface area contributed by atoms with Gasteiger partial charge in [0.25, 0.3) is 5.91 Å². The summed E-state index contributed by atoms with van der Waals surface area (Å²) < 4.78 is 39.4. The minimum atomic E-state index is -4.47. The molecule has 2 N–H and O–H groups in total. The number of hydrogen-bond donors (Lipinski definition) is 2. The van der Waals surface area contributed by atoms with Crippen LogP contribution in [0.4, 0.5) is 29.3 Å². The molecule has 132 valence electrons. The molecule has 25 heavy (non-hydrogen) atoms. The average Bonchev–Trinajstić information content (AvgIpc) is 2.89. The van der Waals surface area contributed by atoms with Gasteiger partial charge in [-0.2, -0.15) is 18.3 Å². The Labute approximate surface area is 139 Å². The topological polar surface area (TPSA) is 87.5 Å². The summed E-state index contributed by atoms with van der Waals surface area (Å²) in [5, 5.41) is 14.9. The standard InChI is InChI=1S/C15H13F3N4O3/c1-8-7-21-12(11(6-19-21)20-14(24)25)13(23)22(8)10-4-2-9(3-5-10)15(16,17)18/h2-6,8,20H,7H2,1H3,(H,24,25). The van der Waals surface area contributed by atoms with Gasteiger partial charge < -0.3 is 10.0 Å². The molecule has 10 heteroatoms. The zero-order valence-electron chi connectivity index (χ0n) is 12.9. The largest absolute Gasteiger partial charge is 0.465 e. The molecule has 0 saturated carbocycles. The summed E-state index contributed by atoms with van der Waals surface area (Å²) in [6.45, 7) is 2.01. The van der Waals surface area contributed by atoms with Crippen LogP contribution in [0.1, 0.15) is 23.0 Å². The third kappa shape index (κ3) is 3.02. The molecule has 2 heterocycles. The number of halogens is 3. The van der Waals surface area contributed by atoms with E-state index >= 15 is 0 Å². The van der Waals surface area contributed by atoms with Crippen molar-refractivity contribution >= 4 is 23.4 Å². The van der Waals surface area contributed by atoms with Gasteiger partial charge in [-0.1, -0.05) is 0 Å². The van der Waals surface area contributed by atoms with E-state index < -0.39 is 23.7 Å². The van der Waals surface area contributed by atoms with Gasteiger partial charge in [0.1, 0.15) is 0 Å². The second-order valence-electron chi connectivity index (χ2n) is 5.59. The summed E-state index contributed by atoms with van der Waals surface area (Å²) in [7, 11) is 0. The first-order valence-corrected chi connectivity index (χ1v) is 7.25. The van der Waals surface area contributed by atoms with Crippen LogP contribution in [0.3, 0.4) is 0 Å². The number of alkyl halides is 3. The molecule has 0 spiro atoms.